The van der Waals surface area contributed by atoms with Gasteiger partial charge in [-0.05, 0) is 76.0 Å². The lowest BCUT2D eigenvalue weighted by molar-refractivity contribution is 0.0950. The third-order valence-corrected chi connectivity index (χ3v) is 5.51. The molecule has 3 rings (SSSR count). The van der Waals surface area contributed by atoms with Crippen molar-refractivity contribution in [2.24, 2.45) is 0 Å². The number of aromatic nitrogens is 1. The first kappa shape index (κ1) is 19.4. The predicted octanol–water partition coefficient (Wildman–Crippen LogP) is 3.47. The van der Waals surface area contributed by atoms with E-state index < -0.39 is 0 Å². The lowest BCUT2D eigenvalue weighted by atomic mass is 10.0. The van der Waals surface area contributed by atoms with E-state index in [-0.39, 0.29) is 18.0 Å². The first-order valence-electron chi connectivity index (χ1n) is 9.77. The fourth-order valence-electron chi connectivity index (χ4n) is 3.80. The molecule has 1 aliphatic heterocycles. The number of aryl methyl sites for hydroxylation is 2. The van der Waals surface area contributed by atoms with Crippen molar-refractivity contribution in [3.05, 3.63) is 68.6 Å². The Balaban J connectivity index is 1.63. The minimum absolute atomic E-state index is 0.140. The molecule has 2 heterocycles. The number of benzene rings is 1. The van der Waals surface area contributed by atoms with Gasteiger partial charge < -0.3 is 10.3 Å². The largest absolute Gasteiger partial charge is 0.348 e. The van der Waals surface area contributed by atoms with Gasteiger partial charge in [0, 0.05) is 29.4 Å². The van der Waals surface area contributed by atoms with Crippen LogP contribution in [0.15, 0.2) is 35.1 Å². The second-order valence-corrected chi connectivity index (χ2v) is 7.52. The lowest BCUT2D eigenvalue weighted by Gasteiger charge is -2.32. The average Bonchev–Trinajstić information content (AvgIpc) is 2.67. The molecule has 1 aromatic carbocycles. The molecule has 1 saturated heterocycles. The molecule has 5 heteroatoms. The maximum atomic E-state index is 12.5. The molecule has 0 aliphatic carbocycles. The van der Waals surface area contributed by atoms with Crippen LogP contribution in [0.1, 0.15) is 65.0 Å². The highest BCUT2D eigenvalue weighted by Gasteiger charge is 2.18. The molecule has 1 unspecified atom stereocenters. The summed E-state index contributed by atoms with van der Waals surface area (Å²) in [6.07, 6.45) is 3.86. The Hall–Kier alpha value is -2.40. The Morgan fingerprint density at radius 3 is 2.44 bits per heavy atom. The highest BCUT2D eigenvalue weighted by Crippen LogP contribution is 2.24. The number of nitrogens with one attached hydrogen (secondary N) is 2. The Morgan fingerprint density at radius 2 is 1.81 bits per heavy atom. The molecule has 0 spiro atoms. The molecule has 2 N–H and O–H groups in total. The van der Waals surface area contributed by atoms with Crippen LogP contribution < -0.4 is 10.9 Å². The Kier molecular flexibility index (Phi) is 6.11. The Labute approximate surface area is 160 Å². The van der Waals surface area contributed by atoms with Gasteiger partial charge >= 0.3 is 0 Å². The number of hydrogen-bond acceptors (Lipinski definition) is 3. The zero-order valence-electron chi connectivity index (χ0n) is 16.5. The minimum Gasteiger partial charge on any atom is -0.348 e. The van der Waals surface area contributed by atoms with Crippen LogP contribution in [-0.4, -0.2) is 28.9 Å². The summed E-state index contributed by atoms with van der Waals surface area (Å²) in [7, 11) is 0. The molecule has 1 aliphatic rings. The van der Waals surface area contributed by atoms with Crippen molar-refractivity contribution in [3.63, 3.8) is 0 Å². The smallest absolute Gasteiger partial charge is 0.253 e. The molecule has 1 aromatic heterocycles. The van der Waals surface area contributed by atoms with Crippen molar-refractivity contribution in [2.75, 3.05) is 13.1 Å². The van der Waals surface area contributed by atoms with Gasteiger partial charge in [-0.3, -0.25) is 14.5 Å². The first-order chi connectivity index (χ1) is 13.0. The predicted molar refractivity (Wildman–Crippen MR) is 108 cm³/mol. The van der Waals surface area contributed by atoms with E-state index in [2.05, 4.69) is 22.1 Å². The number of likely N-dealkylation sites (tertiary alicyclic amines) is 1. The summed E-state index contributed by atoms with van der Waals surface area (Å²) in [6.45, 7) is 8.49. The van der Waals surface area contributed by atoms with E-state index in [1.165, 1.54) is 24.8 Å². The van der Waals surface area contributed by atoms with E-state index in [4.69, 9.17) is 0 Å². The second kappa shape index (κ2) is 8.53. The number of rotatable bonds is 5. The van der Waals surface area contributed by atoms with Crippen LogP contribution in [-0.2, 0) is 6.54 Å². The number of piperidine rings is 1. The minimum atomic E-state index is -0.161. The molecular weight excluding hydrogens is 338 g/mol. The third kappa shape index (κ3) is 4.66. The van der Waals surface area contributed by atoms with Gasteiger partial charge in [0.15, 0.2) is 0 Å². The van der Waals surface area contributed by atoms with Crippen LogP contribution in [0, 0.1) is 13.8 Å². The highest BCUT2D eigenvalue weighted by molar-refractivity contribution is 5.94. The summed E-state index contributed by atoms with van der Waals surface area (Å²) in [5.41, 5.74) is 4.03. The van der Waals surface area contributed by atoms with Crippen molar-refractivity contribution in [1.29, 1.82) is 0 Å². The van der Waals surface area contributed by atoms with Gasteiger partial charge in [0.05, 0.1) is 0 Å². The van der Waals surface area contributed by atoms with Crippen LogP contribution in [0.2, 0.25) is 0 Å². The van der Waals surface area contributed by atoms with E-state index >= 15 is 0 Å². The third-order valence-electron chi connectivity index (χ3n) is 5.51. The molecule has 0 radical (unpaired) electrons. The van der Waals surface area contributed by atoms with E-state index in [0.717, 1.165) is 24.3 Å². The molecule has 27 heavy (non-hydrogen) atoms. The summed E-state index contributed by atoms with van der Waals surface area (Å²) in [5, 5.41) is 2.86. The molecular formula is C22H29N3O2. The fraction of sp³-hybridized carbons (Fsp3) is 0.455. The standard InChI is InChI=1S/C22H29N3O2/c1-15-13-16(2)24-22(27)20(15)14-23-21(26)19-9-7-18(8-10-19)17(3)25-11-5-4-6-12-25/h7-10,13,17H,4-6,11-12,14H2,1-3H3,(H,23,26)(H,24,27). The zero-order chi connectivity index (χ0) is 19.4. The SMILES string of the molecule is Cc1cc(C)c(CNC(=O)c2ccc(C(C)N3CCCCC3)cc2)c(=O)[nH]1. The Bertz CT molecular complexity index is 849. The highest BCUT2D eigenvalue weighted by atomic mass is 16.1. The number of aromatic amines is 1. The molecule has 5 nitrogen and oxygen atoms in total. The van der Waals surface area contributed by atoms with Crippen LogP contribution in [0.25, 0.3) is 0 Å². The van der Waals surface area contributed by atoms with Crippen LogP contribution in [0.4, 0.5) is 0 Å². The molecule has 2 aromatic rings. The normalized spacial score (nSPS) is 16.1. The van der Waals surface area contributed by atoms with Crippen LogP contribution >= 0.6 is 0 Å². The average molecular weight is 367 g/mol. The van der Waals surface area contributed by atoms with E-state index in [0.29, 0.717) is 17.2 Å². The van der Waals surface area contributed by atoms with Crippen molar-refractivity contribution in [2.45, 2.75) is 52.6 Å². The molecule has 1 fully saturated rings. The maximum absolute atomic E-state index is 12.5. The zero-order valence-corrected chi connectivity index (χ0v) is 16.5. The number of carbonyl (C=O) groups excluding carboxylic acids is 1. The second-order valence-electron chi connectivity index (χ2n) is 7.52. The van der Waals surface area contributed by atoms with Gasteiger partial charge in [-0.2, -0.15) is 0 Å². The van der Waals surface area contributed by atoms with E-state index in [1.54, 1.807) is 0 Å². The van der Waals surface area contributed by atoms with Crippen molar-refractivity contribution in [1.82, 2.24) is 15.2 Å². The monoisotopic (exact) mass is 367 g/mol. The van der Waals surface area contributed by atoms with Crippen molar-refractivity contribution < 1.29 is 4.79 Å². The summed E-state index contributed by atoms with van der Waals surface area (Å²) >= 11 is 0. The summed E-state index contributed by atoms with van der Waals surface area (Å²) in [4.78, 5) is 29.8. The first-order valence-corrected chi connectivity index (χ1v) is 9.77. The van der Waals surface area contributed by atoms with Gasteiger partial charge in [0.25, 0.3) is 11.5 Å². The van der Waals surface area contributed by atoms with Gasteiger partial charge in [-0.25, -0.2) is 0 Å². The summed E-state index contributed by atoms with van der Waals surface area (Å²) < 4.78 is 0. The lowest BCUT2D eigenvalue weighted by Crippen LogP contribution is -2.32. The quantitative estimate of drug-likeness (QED) is 0.850. The summed E-state index contributed by atoms with van der Waals surface area (Å²) in [5.74, 6) is -0.161. The Morgan fingerprint density at radius 1 is 1.15 bits per heavy atom. The summed E-state index contributed by atoms with van der Waals surface area (Å²) in [6, 6.07) is 10.1. The maximum Gasteiger partial charge on any atom is 0.253 e. The molecule has 0 saturated carbocycles. The van der Waals surface area contributed by atoms with Gasteiger partial charge in [-0.15, -0.1) is 0 Å². The number of carbonyl (C=O) groups is 1. The van der Waals surface area contributed by atoms with Gasteiger partial charge in [0.2, 0.25) is 0 Å². The number of amides is 1. The molecule has 1 atom stereocenters. The van der Waals surface area contributed by atoms with E-state index in [1.807, 2.05) is 44.2 Å². The molecule has 144 valence electrons. The van der Waals surface area contributed by atoms with Crippen LogP contribution in [0.3, 0.4) is 0 Å². The van der Waals surface area contributed by atoms with Gasteiger partial charge in [-0.1, -0.05) is 18.6 Å². The van der Waals surface area contributed by atoms with Crippen molar-refractivity contribution >= 4 is 5.91 Å². The van der Waals surface area contributed by atoms with Gasteiger partial charge in [0.1, 0.15) is 0 Å². The fourth-order valence-corrected chi connectivity index (χ4v) is 3.80. The molecule has 1 amide bonds. The number of H-pyrrole nitrogens is 1. The topological polar surface area (TPSA) is 65.2 Å². The van der Waals surface area contributed by atoms with E-state index in [9.17, 15) is 9.59 Å². The molecule has 0 bridgehead atoms. The van der Waals surface area contributed by atoms with Crippen LogP contribution in [0.5, 0.6) is 0 Å². The number of pyridine rings is 1. The number of hydrogen-bond donors (Lipinski definition) is 2. The number of nitrogens with zero attached hydrogens (tertiary/aromatic N) is 1. The van der Waals surface area contributed by atoms with Crippen molar-refractivity contribution in [3.8, 4) is 0 Å².